The van der Waals surface area contributed by atoms with Gasteiger partial charge < -0.3 is 14.9 Å². The molecule has 2 atom stereocenters. The summed E-state index contributed by atoms with van der Waals surface area (Å²) in [5.74, 6) is -0.334. The Hall–Kier alpha value is -2.85. The van der Waals surface area contributed by atoms with E-state index in [1.807, 2.05) is 11.9 Å². The monoisotopic (exact) mass is 560 g/mol. The average molecular weight is 561 g/mol. The van der Waals surface area contributed by atoms with Gasteiger partial charge in [0.05, 0.1) is 15.8 Å². The summed E-state index contributed by atoms with van der Waals surface area (Å²) in [6.45, 7) is 9.62. The largest absolute Gasteiger partial charge is 0.480 e. The number of carbonyl (C=O) groups is 1. The van der Waals surface area contributed by atoms with Gasteiger partial charge in [-0.3, -0.25) is 4.90 Å². The number of fused-ring (bicyclic) bond motifs is 2. The van der Waals surface area contributed by atoms with Crippen LogP contribution in [0, 0.1) is 12.8 Å². The number of aryl methyl sites for hydroxylation is 1. The highest BCUT2D eigenvalue weighted by Gasteiger charge is 2.33. The van der Waals surface area contributed by atoms with Crippen molar-refractivity contribution in [3.05, 3.63) is 52.6 Å². The molecular weight excluding hydrogens is 525 g/mol. The second-order valence-corrected chi connectivity index (χ2v) is 12.3. The maximum atomic E-state index is 13.2. The van der Waals surface area contributed by atoms with Crippen molar-refractivity contribution < 1.29 is 23.1 Å². The Kier molecular flexibility index (Phi) is 7.54. The number of benzene rings is 2. The molecule has 1 aromatic heterocycles. The molecule has 6 nitrogen and oxygen atoms in total. The normalized spacial score (nSPS) is 20.6. The Morgan fingerprint density at radius 2 is 1.97 bits per heavy atom. The van der Waals surface area contributed by atoms with Crippen LogP contribution in [0.4, 0.5) is 24.0 Å². The third-order valence-electron chi connectivity index (χ3n) is 7.98. The fourth-order valence-electron chi connectivity index (χ4n) is 6.07. The minimum atomic E-state index is -4.37. The van der Waals surface area contributed by atoms with Gasteiger partial charge in [0, 0.05) is 45.0 Å². The molecule has 0 radical (unpaired) electrons. The van der Waals surface area contributed by atoms with E-state index >= 15 is 0 Å². The fraction of sp³-hybridized carbons (Fsp3) is 0.517. The number of hydrogen-bond donors (Lipinski definition) is 1. The van der Waals surface area contributed by atoms with Gasteiger partial charge in [0.25, 0.3) is 0 Å². The predicted octanol–water partition coefficient (Wildman–Crippen LogP) is 6.20. The number of halogens is 3. The number of aromatic nitrogens is 1. The highest BCUT2D eigenvalue weighted by atomic mass is 32.1. The van der Waals surface area contributed by atoms with Crippen LogP contribution in [0.1, 0.15) is 48.9 Å². The number of likely N-dealkylation sites (N-methyl/N-ethyl adjacent to an activating group) is 1. The number of thiazole rings is 1. The van der Waals surface area contributed by atoms with Gasteiger partial charge in [-0.2, -0.15) is 13.2 Å². The van der Waals surface area contributed by atoms with Crippen molar-refractivity contribution in [1.29, 1.82) is 0 Å². The third-order valence-corrected chi connectivity index (χ3v) is 9.03. The molecule has 0 bridgehead atoms. The Bertz CT molecular complexity index is 1370. The van der Waals surface area contributed by atoms with E-state index in [2.05, 4.69) is 42.7 Å². The standard InChI is InChI=1S/C29H35F3N4O2S/c1-17(2)11-21-16-35(15-19-12-18(3)22-6-8-24(27(37)38)34(4)25(22)13-19)9-10-36(21)28-33-23-7-5-20(29(30,31)32)14-26(23)39-28/h5,7,12-14,17,21,24H,6,8-11,15-16H2,1-4H3,(H,37,38)/t21-,24?/m1/s1. The second-order valence-electron chi connectivity index (χ2n) is 11.3. The number of carboxylic acids is 1. The van der Waals surface area contributed by atoms with Crippen LogP contribution in [0.5, 0.6) is 0 Å². The number of piperazine rings is 1. The van der Waals surface area contributed by atoms with Gasteiger partial charge in [-0.1, -0.05) is 31.3 Å². The Balaban J connectivity index is 1.36. The Morgan fingerprint density at radius 1 is 1.21 bits per heavy atom. The third kappa shape index (κ3) is 5.72. The van der Waals surface area contributed by atoms with Gasteiger partial charge in [-0.25, -0.2) is 9.78 Å². The lowest BCUT2D eigenvalue weighted by Crippen LogP contribution is -2.53. The maximum Gasteiger partial charge on any atom is 0.416 e. The first kappa shape index (κ1) is 27.7. The number of hydrogen-bond acceptors (Lipinski definition) is 6. The van der Waals surface area contributed by atoms with Crippen molar-refractivity contribution in [2.24, 2.45) is 5.92 Å². The van der Waals surface area contributed by atoms with E-state index in [0.29, 0.717) is 22.6 Å². The SMILES string of the molecule is Cc1cc(CN2CCN(c3nc4ccc(C(F)(F)F)cc4s3)[C@H](CC(C)C)C2)cc2c1CCC(C(=O)O)N2C. The van der Waals surface area contributed by atoms with Crippen LogP contribution >= 0.6 is 11.3 Å². The molecule has 0 saturated carbocycles. The molecular formula is C29H35F3N4O2S. The number of carboxylic acid groups (broad SMARTS) is 1. The zero-order valence-corrected chi connectivity index (χ0v) is 23.6. The van der Waals surface area contributed by atoms with Crippen LogP contribution in [0.15, 0.2) is 30.3 Å². The lowest BCUT2D eigenvalue weighted by atomic mass is 9.91. The van der Waals surface area contributed by atoms with Crippen LogP contribution in [0.2, 0.25) is 0 Å². The van der Waals surface area contributed by atoms with E-state index in [1.165, 1.54) is 40.2 Å². The van der Waals surface area contributed by atoms with Crippen molar-refractivity contribution in [2.45, 2.75) is 64.8 Å². The highest BCUT2D eigenvalue weighted by Crippen LogP contribution is 2.38. The van der Waals surface area contributed by atoms with Crippen LogP contribution in [-0.2, 0) is 23.9 Å². The molecule has 1 saturated heterocycles. The average Bonchev–Trinajstić information content (AvgIpc) is 3.27. The van der Waals surface area contributed by atoms with E-state index in [1.54, 1.807) is 0 Å². The molecule has 1 fully saturated rings. The molecule has 0 amide bonds. The summed E-state index contributed by atoms with van der Waals surface area (Å²) in [6.07, 6.45) is -2.04. The number of alkyl halides is 3. The molecule has 3 aromatic rings. The van der Waals surface area contributed by atoms with E-state index in [9.17, 15) is 23.1 Å². The van der Waals surface area contributed by atoms with Crippen molar-refractivity contribution in [2.75, 3.05) is 36.5 Å². The minimum Gasteiger partial charge on any atom is -0.480 e. The first-order valence-corrected chi connectivity index (χ1v) is 14.3. The minimum absolute atomic E-state index is 0.194. The summed E-state index contributed by atoms with van der Waals surface area (Å²) in [5.41, 5.74) is 4.56. The smallest absolute Gasteiger partial charge is 0.416 e. The van der Waals surface area contributed by atoms with Crippen LogP contribution < -0.4 is 9.80 Å². The number of aliphatic carboxylic acids is 1. The summed E-state index contributed by atoms with van der Waals surface area (Å²) >= 11 is 1.33. The molecule has 0 aliphatic carbocycles. The first-order chi connectivity index (χ1) is 18.4. The van der Waals surface area contributed by atoms with Gasteiger partial charge in [0.15, 0.2) is 5.13 Å². The topological polar surface area (TPSA) is 59.9 Å². The van der Waals surface area contributed by atoms with Gasteiger partial charge in [0.1, 0.15) is 6.04 Å². The van der Waals surface area contributed by atoms with Crippen molar-refractivity contribution >= 4 is 38.3 Å². The first-order valence-electron chi connectivity index (χ1n) is 13.5. The summed E-state index contributed by atoms with van der Waals surface area (Å²) in [5, 5.41) is 10.4. The molecule has 10 heteroatoms. The van der Waals surface area contributed by atoms with Gasteiger partial charge >= 0.3 is 12.1 Å². The van der Waals surface area contributed by atoms with E-state index in [0.717, 1.165) is 55.9 Å². The Morgan fingerprint density at radius 3 is 2.67 bits per heavy atom. The number of nitrogens with zero attached hydrogens (tertiary/aromatic N) is 4. The predicted molar refractivity (Wildman–Crippen MR) is 150 cm³/mol. The molecule has 2 aliphatic rings. The molecule has 5 rings (SSSR count). The summed E-state index contributed by atoms with van der Waals surface area (Å²) in [6, 6.07) is 7.83. The zero-order valence-electron chi connectivity index (χ0n) is 22.8. The summed E-state index contributed by atoms with van der Waals surface area (Å²) in [7, 11) is 1.87. The number of rotatable bonds is 6. The molecule has 0 spiro atoms. The quantitative estimate of drug-likeness (QED) is 0.388. The lowest BCUT2D eigenvalue weighted by Gasteiger charge is -2.42. The molecule has 210 valence electrons. The molecule has 3 heterocycles. The molecule has 39 heavy (non-hydrogen) atoms. The van der Waals surface area contributed by atoms with Gasteiger partial charge in [-0.15, -0.1) is 0 Å². The van der Waals surface area contributed by atoms with Crippen LogP contribution in [-0.4, -0.2) is 59.7 Å². The van der Waals surface area contributed by atoms with E-state index < -0.39 is 23.8 Å². The maximum absolute atomic E-state index is 13.2. The zero-order chi connectivity index (χ0) is 28.1. The molecule has 1 unspecified atom stereocenters. The van der Waals surface area contributed by atoms with Gasteiger partial charge in [0.2, 0.25) is 0 Å². The van der Waals surface area contributed by atoms with Crippen molar-refractivity contribution in [3.63, 3.8) is 0 Å². The Labute approximate surface area is 231 Å². The van der Waals surface area contributed by atoms with Gasteiger partial charge in [-0.05, 0) is 73.1 Å². The molecule has 1 N–H and O–H groups in total. The van der Waals surface area contributed by atoms with Crippen LogP contribution in [0.25, 0.3) is 10.2 Å². The van der Waals surface area contributed by atoms with Crippen molar-refractivity contribution in [1.82, 2.24) is 9.88 Å². The molecule has 2 aromatic carbocycles. The number of anilines is 2. The second kappa shape index (κ2) is 10.6. The van der Waals surface area contributed by atoms with E-state index in [4.69, 9.17) is 4.98 Å². The lowest BCUT2D eigenvalue weighted by molar-refractivity contribution is -0.139. The van der Waals surface area contributed by atoms with Crippen LogP contribution in [0.3, 0.4) is 0 Å². The van der Waals surface area contributed by atoms with E-state index in [-0.39, 0.29) is 6.04 Å². The summed E-state index contributed by atoms with van der Waals surface area (Å²) < 4.78 is 40.3. The molecule has 2 aliphatic heterocycles. The fourth-order valence-corrected chi connectivity index (χ4v) is 7.17. The van der Waals surface area contributed by atoms with Crippen molar-refractivity contribution in [3.8, 4) is 0 Å². The highest BCUT2D eigenvalue weighted by molar-refractivity contribution is 7.22. The summed E-state index contributed by atoms with van der Waals surface area (Å²) in [4.78, 5) is 23.1.